The Kier molecular flexibility index (Phi) is 13.2. The molecule has 0 spiro atoms. The van der Waals surface area contributed by atoms with Crippen molar-refractivity contribution < 1.29 is 40.7 Å². The zero-order chi connectivity index (χ0) is 27.5. The van der Waals surface area contributed by atoms with Gasteiger partial charge >= 0.3 is 11.9 Å². The molecule has 0 fully saturated rings. The Hall–Kier alpha value is -2.67. The Morgan fingerprint density at radius 1 is 0.789 bits per heavy atom. The van der Waals surface area contributed by atoms with Crippen molar-refractivity contribution in [2.45, 2.75) is 53.0 Å². The van der Waals surface area contributed by atoms with Crippen LogP contribution in [0.4, 0.5) is 0 Å². The van der Waals surface area contributed by atoms with Crippen molar-refractivity contribution in [1.29, 1.82) is 0 Å². The van der Waals surface area contributed by atoms with Crippen molar-refractivity contribution in [1.82, 2.24) is 0 Å². The molecule has 0 atom stereocenters. The van der Waals surface area contributed by atoms with E-state index in [1.165, 1.54) is 11.1 Å². The largest absolute Gasteiger partial charge is 1.00 e. The number of ether oxygens (including phenoxy) is 3. The molecule has 0 bridgehead atoms. The van der Waals surface area contributed by atoms with Crippen LogP contribution in [0.5, 0.6) is 5.75 Å². The van der Waals surface area contributed by atoms with Gasteiger partial charge < -0.3 is 31.1 Å². The number of carbonyl (C=O) groups is 2. The quantitative estimate of drug-likeness (QED) is 0.188. The van der Waals surface area contributed by atoms with Crippen molar-refractivity contribution in [3.05, 3.63) is 77.9 Å². The van der Waals surface area contributed by atoms with Crippen LogP contribution in [-0.2, 0) is 31.0 Å². The van der Waals surface area contributed by atoms with Gasteiger partial charge in [0, 0.05) is 17.7 Å². The lowest BCUT2D eigenvalue weighted by Crippen LogP contribution is -3.00. The number of hydrogen-bond acceptors (Lipinski definition) is 5. The summed E-state index contributed by atoms with van der Waals surface area (Å²) in [5.41, 5.74) is 3.19. The SMILES string of the molecule is CC(C)(C)CC(C)(C)c1ccc(OCCOCC[N+](C)(C)Cc2ccccc2)cc1.O=C1C=CC(=O)O1.[Cl-]. The first-order chi connectivity index (χ1) is 17.3. The maximum Gasteiger partial charge on any atom is 0.338 e. The first-order valence-corrected chi connectivity index (χ1v) is 12.9. The highest BCUT2D eigenvalue weighted by Gasteiger charge is 2.27. The van der Waals surface area contributed by atoms with Crippen molar-refractivity contribution in [2.24, 2.45) is 5.41 Å². The van der Waals surface area contributed by atoms with Gasteiger partial charge in [-0.15, -0.1) is 0 Å². The summed E-state index contributed by atoms with van der Waals surface area (Å²) in [5.74, 6) is -0.246. The molecule has 3 rings (SSSR count). The molecule has 0 radical (unpaired) electrons. The zero-order valence-corrected chi connectivity index (χ0v) is 24.7. The summed E-state index contributed by atoms with van der Waals surface area (Å²) in [4.78, 5) is 19.8. The van der Waals surface area contributed by atoms with Crippen LogP contribution in [0, 0.1) is 5.41 Å². The number of benzene rings is 2. The second-order valence-corrected chi connectivity index (χ2v) is 12.0. The summed E-state index contributed by atoms with van der Waals surface area (Å²) in [7, 11) is 4.49. The zero-order valence-electron chi connectivity index (χ0n) is 24.0. The topological polar surface area (TPSA) is 61.8 Å². The molecule has 0 amide bonds. The molecular formula is C31H44ClNO5. The molecule has 1 aliphatic heterocycles. The number of nitrogens with zero attached hydrogens (tertiary/aromatic N) is 1. The highest BCUT2D eigenvalue weighted by molar-refractivity contribution is 6.04. The number of hydrogen-bond donors (Lipinski definition) is 0. The van der Waals surface area contributed by atoms with E-state index in [1.54, 1.807) is 0 Å². The third-order valence-electron chi connectivity index (χ3n) is 5.96. The van der Waals surface area contributed by atoms with E-state index >= 15 is 0 Å². The van der Waals surface area contributed by atoms with Gasteiger partial charge in [-0.25, -0.2) is 9.59 Å². The van der Waals surface area contributed by atoms with Gasteiger partial charge in [0.25, 0.3) is 0 Å². The predicted molar refractivity (Wildman–Crippen MR) is 147 cm³/mol. The summed E-state index contributed by atoms with van der Waals surface area (Å²) in [5, 5.41) is 0. The standard InChI is InChI=1S/C27H42NO2.C4H2O3.ClH/c1-26(2,3)22-27(4,5)24-13-15-25(16-14-24)30-20-19-29-18-17-28(6,7)21-23-11-9-8-10-12-23;5-3-1-2-4(6)7-3;/h8-16H,17-22H2,1-7H3;1-2H;1H/q+1;;/p-1. The molecule has 0 saturated heterocycles. The summed E-state index contributed by atoms with van der Waals surface area (Å²) in [6, 6.07) is 19.2. The fourth-order valence-corrected chi connectivity index (χ4v) is 4.52. The number of halogens is 1. The molecule has 0 aliphatic carbocycles. The average molecular weight is 546 g/mol. The number of esters is 2. The van der Waals surface area contributed by atoms with E-state index < -0.39 is 11.9 Å². The van der Waals surface area contributed by atoms with Gasteiger partial charge in [-0.2, -0.15) is 0 Å². The number of quaternary nitrogens is 1. The second kappa shape index (κ2) is 15.1. The molecule has 210 valence electrons. The van der Waals surface area contributed by atoms with Crippen LogP contribution < -0.4 is 17.1 Å². The smallest absolute Gasteiger partial charge is 0.338 e. The number of cyclic esters (lactones) is 2. The van der Waals surface area contributed by atoms with Crippen LogP contribution in [0.1, 0.15) is 52.2 Å². The van der Waals surface area contributed by atoms with Crippen LogP contribution in [-0.4, -0.2) is 56.9 Å². The van der Waals surface area contributed by atoms with Crippen molar-refractivity contribution in [3.8, 4) is 5.75 Å². The van der Waals surface area contributed by atoms with Crippen LogP contribution >= 0.6 is 0 Å². The van der Waals surface area contributed by atoms with E-state index in [2.05, 4.69) is 108 Å². The third-order valence-corrected chi connectivity index (χ3v) is 5.96. The lowest BCUT2D eigenvalue weighted by molar-refractivity contribution is -0.904. The minimum absolute atomic E-state index is 0. The van der Waals surface area contributed by atoms with Crippen LogP contribution in [0.25, 0.3) is 0 Å². The maximum absolute atomic E-state index is 9.92. The molecule has 0 aromatic heterocycles. The summed E-state index contributed by atoms with van der Waals surface area (Å²) >= 11 is 0. The van der Waals surface area contributed by atoms with E-state index in [0.717, 1.165) is 48.5 Å². The minimum atomic E-state index is -0.579. The van der Waals surface area contributed by atoms with Gasteiger partial charge in [0.15, 0.2) is 0 Å². The van der Waals surface area contributed by atoms with E-state index in [-0.39, 0.29) is 17.8 Å². The summed E-state index contributed by atoms with van der Waals surface area (Å²) in [6.45, 7) is 15.5. The monoisotopic (exact) mass is 545 g/mol. The molecule has 38 heavy (non-hydrogen) atoms. The summed E-state index contributed by atoms with van der Waals surface area (Å²) < 4.78 is 16.6. The molecular weight excluding hydrogens is 502 g/mol. The fraction of sp³-hybridized carbons (Fsp3) is 0.484. The van der Waals surface area contributed by atoms with Crippen LogP contribution in [0.2, 0.25) is 0 Å². The molecule has 1 heterocycles. The molecule has 0 saturated carbocycles. The van der Waals surface area contributed by atoms with Crippen molar-refractivity contribution >= 4 is 11.9 Å². The molecule has 1 aliphatic rings. The Morgan fingerprint density at radius 3 is 1.87 bits per heavy atom. The molecule has 2 aromatic rings. The highest BCUT2D eigenvalue weighted by Crippen LogP contribution is 2.36. The van der Waals surface area contributed by atoms with E-state index in [4.69, 9.17) is 9.47 Å². The summed E-state index contributed by atoms with van der Waals surface area (Å²) in [6.07, 6.45) is 3.32. The van der Waals surface area contributed by atoms with Gasteiger partial charge in [0.2, 0.25) is 0 Å². The van der Waals surface area contributed by atoms with Gasteiger partial charge in [-0.1, -0.05) is 77.1 Å². The fourth-order valence-electron chi connectivity index (χ4n) is 4.52. The van der Waals surface area contributed by atoms with Crippen molar-refractivity contribution in [3.63, 3.8) is 0 Å². The molecule has 2 aromatic carbocycles. The first kappa shape index (κ1) is 33.4. The second-order valence-electron chi connectivity index (χ2n) is 12.0. The lowest BCUT2D eigenvalue weighted by atomic mass is 9.72. The molecule has 0 N–H and O–H groups in total. The average Bonchev–Trinajstić information content (AvgIpc) is 3.18. The minimum Gasteiger partial charge on any atom is -1.00 e. The van der Waals surface area contributed by atoms with Gasteiger partial charge in [0.05, 0.1) is 27.3 Å². The predicted octanol–water partition coefficient (Wildman–Crippen LogP) is 2.70. The maximum atomic E-state index is 9.92. The van der Waals surface area contributed by atoms with E-state index in [9.17, 15) is 9.59 Å². The molecule has 0 unspecified atom stereocenters. The van der Waals surface area contributed by atoms with Gasteiger partial charge in [0.1, 0.15) is 25.4 Å². The molecule has 6 nitrogen and oxygen atoms in total. The van der Waals surface area contributed by atoms with Gasteiger partial charge in [-0.05, 0) is 34.9 Å². The number of rotatable bonds is 11. The van der Waals surface area contributed by atoms with E-state index in [1.807, 2.05) is 0 Å². The van der Waals surface area contributed by atoms with Crippen LogP contribution in [0.15, 0.2) is 66.7 Å². The molecule has 7 heteroatoms. The highest BCUT2D eigenvalue weighted by atomic mass is 35.5. The number of carbonyl (C=O) groups excluding carboxylic acids is 2. The Bertz CT molecular complexity index is 1010. The van der Waals surface area contributed by atoms with Crippen molar-refractivity contribution in [2.75, 3.05) is 40.5 Å². The lowest BCUT2D eigenvalue weighted by Gasteiger charge is -2.33. The van der Waals surface area contributed by atoms with Gasteiger partial charge in [-0.3, -0.25) is 0 Å². The number of likely N-dealkylation sites (N-methyl/N-ethyl adjacent to an activating group) is 1. The Balaban J connectivity index is 0.000000779. The van der Waals surface area contributed by atoms with E-state index in [0.29, 0.717) is 18.6 Å². The Morgan fingerprint density at radius 2 is 1.37 bits per heavy atom. The van der Waals surface area contributed by atoms with Crippen LogP contribution in [0.3, 0.4) is 0 Å². The first-order valence-electron chi connectivity index (χ1n) is 12.9. The normalized spacial score (nSPS) is 13.3. The third kappa shape index (κ3) is 13.2. The Labute approximate surface area is 235 Å².